The number of hydrogen-bond donors (Lipinski definition) is 1. The van der Waals surface area contributed by atoms with Gasteiger partial charge in [0.1, 0.15) is 55.2 Å². The first-order valence-electron chi connectivity index (χ1n) is 10.9. The molecule has 6 aromatic rings. The molecular formula is C21H17F2N13O. The lowest BCUT2D eigenvalue weighted by atomic mass is 9.86. The number of hydrogen-bond acceptors (Lipinski definition) is 10. The third kappa shape index (κ3) is 3.79. The second-order valence-electron chi connectivity index (χ2n) is 8.17. The van der Waals surface area contributed by atoms with E-state index in [4.69, 9.17) is 0 Å². The summed E-state index contributed by atoms with van der Waals surface area (Å²) in [5, 5.41) is 24.3. The molecular weight excluding hydrogens is 488 g/mol. The van der Waals surface area contributed by atoms with E-state index in [9.17, 15) is 9.50 Å². The van der Waals surface area contributed by atoms with E-state index in [1.165, 1.54) is 64.4 Å². The molecule has 14 nitrogen and oxygen atoms in total. The average molecular weight is 505 g/mol. The Morgan fingerprint density at radius 1 is 0.919 bits per heavy atom. The molecule has 0 saturated heterocycles. The molecule has 6 rings (SSSR count). The molecule has 0 aliphatic rings. The number of fused-ring (bicyclic) bond motifs is 1. The van der Waals surface area contributed by atoms with E-state index in [1.54, 1.807) is 11.5 Å². The molecule has 0 aliphatic heterocycles. The van der Waals surface area contributed by atoms with Crippen molar-refractivity contribution in [2.24, 2.45) is 0 Å². The van der Waals surface area contributed by atoms with Crippen LogP contribution in [0, 0.1) is 11.6 Å². The van der Waals surface area contributed by atoms with Gasteiger partial charge in [-0.3, -0.25) is 0 Å². The molecule has 0 radical (unpaired) electrons. The lowest BCUT2D eigenvalue weighted by molar-refractivity contribution is -0.0321. The molecule has 1 aromatic carbocycles. The van der Waals surface area contributed by atoms with E-state index < -0.39 is 23.3 Å². The van der Waals surface area contributed by atoms with Crippen LogP contribution in [0.1, 0.15) is 18.5 Å². The monoisotopic (exact) mass is 505 g/mol. The fourth-order valence-electron chi connectivity index (χ4n) is 4.14. The van der Waals surface area contributed by atoms with Crippen LogP contribution in [0.15, 0.2) is 62.5 Å². The maximum Gasteiger partial charge on any atom is 0.256 e. The molecule has 0 unspecified atom stereocenters. The molecule has 5 heterocycles. The van der Waals surface area contributed by atoms with Gasteiger partial charge in [-0.2, -0.15) is 29.9 Å². The fourth-order valence-corrected chi connectivity index (χ4v) is 4.14. The zero-order valence-electron chi connectivity index (χ0n) is 19.1. The van der Waals surface area contributed by atoms with E-state index in [0.29, 0.717) is 17.4 Å². The van der Waals surface area contributed by atoms with Crippen molar-refractivity contribution in [1.29, 1.82) is 0 Å². The van der Waals surface area contributed by atoms with Gasteiger partial charge in [0.05, 0.1) is 18.9 Å². The summed E-state index contributed by atoms with van der Waals surface area (Å²) in [4.78, 5) is 25.4. The van der Waals surface area contributed by atoms with E-state index in [0.717, 1.165) is 6.07 Å². The molecule has 0 spiro atoms. The molecule has 186 valence electrons. The number of halogens is 2. The summed E-state index contributed by atoms with van der Waals surface area (Å²) in [5.74, 6) is -1.24. The van der Waals surface area contributed by atoms with Crippen molar-refractivity contribution in [2.75, 3.05) is 0 Å². The van der Waals surface area contributed by atoms with Gasteiger partial charge in [-0.15, -0.1) is 0 Å². The number of aromatic nitrogens is 13. The van der Waals surface area contributed by atoms with Gasteiger partial charge in [0, 0.05) is 11.6 Å². The number of imidazole rings is 1. The third-order valence-corrected chi connectivity index (χ3v) is 6.03. The molecule has 0 bridgehead atoms. The van der Waals surface area contributed by atoms with Crippen molar-refractivity contribution in [2.45, 2.75) is 25.1 Å². The van der Waals surface area contributed by atoms with Crippen LogP contribution in [-0.2, 0) is 12.1 Å². The molecule has 0 amide bonds. The van der Waals surface area contributed by atoms with E-state index >= 15 is 4.39 Å². The highest BCUT2D eigenvalue weighted by atomic mass is 19.1. The Labute approximate surface area is 205 Å². The van der Waals surface area contributed by atoms with Gasteiger partial charge < -0.3 is 9.67 Å². The molecule has 1 N–H and O–H groups in total. The highest BCUT2D eigenvalue weighted by Crippen LogP contribution is 2.38. The Hall–Kier alpha value is -4.99. The summed E-state index contributed by atoms with van der Waals surface area (Å²) in [6.07, 6.45) is 9.67. The van der Waals surface area contributed by atoms with Gasteiger partial charge in [0.2, 0.25) is 0 Å². The predicted octanol–water partition coefficient (Wildman–Crippen LogP) is 1.01. The Kier molecular flexibility index (Phi) is 5.22. The summed E-state index contributed by atoms with van der Waals surface area (Å²) < 4.78 is 34.5. The van der Waals surface area contributed by atoms with Crippen LogP contribution in [-0.4, -0.2) is 68.9 Å². The lowest BCUT2D eigenvalue weighted by Gasteiger charge is -2.35. The molecule has 0 aliphatic carbocycles. The van der Waals surface area contributed by atoms with Crippen LogP contribution in [0.25, 0.3) is 22.9 Å². The van der Waals surface area contributed by atoms with Crippen molar-refractivity contribution in [1.82, 2.24) is 63.8 Å². The molecule has 2 atom stereocenters. The van der Waals surface area contributed by atoms with E-state index in [2.05, 4.69) is 45.2 Å². The van der Waals surface area contributed by atoms with Crippen molar-refractivity contribution >= 4 is 11.2 Å². The SMILES string of the molecule is C[C@@H](n1cnc2c(-n3cncn3)nc(-n3cncn3)nc21)[C@](O)(Cn1cncn1)c1ccc(F)cc1F. The van der Waals surface area contributed by atoms with Gasteiger partial charge in [0.25, 0.3) is 5.95 Å². The minimum atomic E-state index is -1.94. The average Bonchev–Trinajstić information content (AvgIpc) is 3.69. The van der Waals surface area contributed by atoms with Crippen LogP contribution in [0.2, 0.25) is 0 Å². The van der Waals surface area contributed by atoms with Crippen LogP contribution < -0.4 is 0 Å². The smallest absolute Gasteiger partial charge is 0.256 e. The molecule has 0 saturated carbocycles. The third-order valence-electron chi connectivity index (χ3n) is 6.03. The Morgan fingerprint density at radius 3 is 2.32 bits per heavy atom. The standard InChI is InChI=1S/C21H17F2N13O/c1-13(21(37,5-33-9-24-6-28-33)15-3-2-14(22)4-16(15)23)34-12-27-17-18(34)31-20(36-11-26-8-30-36)32-19(17)35-10-25-7-29-35/h2-4,6-13,37H,5H2,1H3/t13-,21-/m1/s1. The van der Waals surface area contributed by atoms with Crippen molar-refractivity contribution < 1.29 is 13.9 Å². The predicted molar refractivity (Wildman–Crippen MR) is 120 cm³/mol. The van der Waals surface area contributed by atoms with Crippen LogP contribution in [0.4, 0.5) is 8.78 Å². The van der Waals surface area contributed by atoms with Gasteiger partial charge in [0.15, 0.2) is 17.0 Å². The molecule has 0 fully saturated rings. The number of benzene rings is 1. The molecule has 16 heteroatoms. The minimum absolute atomic E-state index is 0.138. The molecule has 5 aromatic heterocycles. The summed E-state index contributed by atoms with van der Waals surface area (Å²) in [5.41, 5.74) is -1.45. The van der Waals surface area contributed by atoms with Crippen LogP contribution in [0.5, 0.6) is 0 Å². The van der Waals surface area contributed by atoms with Gasteiger partial charge in [-0.05, 0) is 13.0 Å². The highest BCUT2D eigenvalue weighted by Gasteiger charge is 2.41. The second-order valence-corrected chi connectivity index (χ2v) is 8.17. The van der Waals surface area contributed by atoms with Gasteiger partial charge in [-0.25, -0.2) is 38.1 Å². The summed E-state index contributed by atoms with van der Waals surface area (Å²) >= 11 is 0. The van der Waals surface area contributed by atoms with Gasteiger partial charge in [-0.1, -0.05) is 6.07 Å². The normalized spacial score (nSPS) is 14.2. The van der Waals surface area contributed by atoms with Crippen molar-refractivity contribution in [3.63, 3.8) is 0 Å². The largest absolute Gasteiger partial charge is 0.381 e. The first kappa shape index (κ1) is 22.5. The quantitative estimate of drug-likeness (QED) is 0.332. The van der Waals surface area contributed by atoms with E-state index in [-0.39, 0.29) is 23.7 Å². The van der Waals surface area contributed by atoms with Crippen molar-refractivity contribution in [3.05, 3.63) is 79.7 Å². The minimum Gasteiger partial charge on any atom is -0.381 e. The highest BCUT2D eigenvalue weighted by molar-refractivity contribution is 5.79. The van der Waals surface area contributed by atoms with E-state index in [1.807, 2.05) is 0 Å². The lowest BCUT2D eigenvalue weighted by Crippen LogP contribution is -2.40. The summed E-state index contributed by atoms with van der Waals surface area (Å²) in [6.45, 7) is 1.46. The second kappa shape index (κ2) is 8.59. The van der Waals surface area contributed by atoms with Crippen molar-refractivity contribution in [3.8, 4) is 11.8 Å². The Bertz CT molecular complexity index is 1660. The first-order valence-corrected chi connectivity index (χ1v) is 10.9. The molecule has 37 heavy (non-hydrogen) atoms. The van der Waals surface area contributed by atoms with Gasteiger partial charge >= 0.3 is 0 Å². The number of nitrogens with zero attached hydrogens (tertiary/aromatic N) is 13. The maximum absolute atomic E-state index is 15.1. The topological polar surface area (TPSA) is 156 Å². The van der Waals surface area contributed by atoms with Crippen LogP contribution in [0.3, 0.4) is 0 Å². The zero-order valence-corrected chi connectivity index (χ0v) is 19.1. The Balaban J connectivity index is 1.55. The van der Waals surface area contributed by atoms with Crippen LogP contribution >= 0.6 is 0 Å². The maximum atomic E-state index is 15.1. The summed E-state index contributed by atoms with van der Waals surface area (Å²) in [7, 11) is 0. The zero-order chi connectivity index (χ0) is 25.6. The summed E-state index contributed by atoms with van der Waals surface area (Å²) in [6, 6.07) is 2.10. The Morgan fingerprint density at radius 2 is 1.65 bits per heavy atom. The number of rotatable bonds is 7. The number of aliphatic hydroxyl groups is 1. The fraction of sp³-hybridized carbons (Fsp3) is 0.190. The first-order chi connectivity index (χ1) is 17.9.